The fraction of sp³-hybridized carbons (Fsp3) is 0.500. The van der Waals surface area contributed by atoms with Crippen LogP contribution >= 0.6 is 11.3 Å². The monoisotopic (exact) mass is 678 g/mol. The maximum atomic E-state index is 14.0. The number of urea groups is 1. The van der Waals surface area contributed by atoms with E-state index in [2.05, 4.69) is 25.8 Å². The summed E-state index contributed by atoms with van der Waals surface area (Å²) in [4.78, 5) is 48.7. The summed E-state index contributed by atoms with van der Waals surface area (Å²) in [5, 5.41) is 9.34. The van der Waals surface area contributed by atoms with E-state index in [0.29, 0.717) is 51.9 Å². The normalized spacial score (nSPS) is 15.2. The molecule has 2 aromatic carbocycles. The van der Waals surface area contributed by atoms with Crippen molar-refractivity contribution in [2.24, 2.45) is 0 Å². The van der Waals surface area contributed by atoms with E-state index in [9.17, 15) is 14.4 Å². The zero-order valence-electron chi connectivity index (χ0n) is 28.3. The van der Waals surface area contributed by atoms with Gasteiger partial charge in [0.15, 0.2) is 0 Å². The molecule has 48 heavy (non-hydrogen) atoms. The molecule has 0 unspecified atom stereocenters. The number of aromatic nitrogens is 1. The Morgan fingerprint density at radius 1 is 0.896 bits per heavy atom. The van der Waals surface area contributed by atoms with E-state index >= 15 is 0 Å². The van der Waals surface area contributed by atoms with Gasteiger partial charge in [0.1, 0.15) is 12.6 Å². The van der Waals surface area contributed by atoms with Gasteiger partial charge in [-0.15, -0.1) is 11.3 Å². The van der Waals surface area contributed by atoms with Gasteiger partial charge >= 0.3 is 12.1 Å². The molecule has 1 fully saturated rings. The molecule has 3 atom stereocenters. The highest BCUT2D eigenvalue weighted by molar-refractivity contribution is 7.09. The molecule has 4 rings (SSSR count). The molecule has 1 saturated heterocycles. The van der Waals surface area contributed by atoms with E-state index in [1.54, 1.807) is 23.7 Å². The largest absolute Gasteiger partial charge is 0.444 e. The SMILES string of the molecule is CC(C)N(C)C(=O)N[C@H](CCN1CCOCC1)C(=O)N[C@@H](CC[C@@H](Cc1ccccc1)NC(=O)OCc1cncs1)Cc1ccccc1. The van der Waals surface area contributed by atoms with Crippen molar-refractivity contribution in [2.45, 2.75) is 76.7 Å². The predicted molar refractivity (Wildman–Crippen MR) is 188 cm³/mol. The highest BCUT2D eigenvalue weighted by Gasteiger charge is 2.27. The summed E-state index contributed by atoms with van der Waals surface area (Å²) in [5.41, 5.74) is 3.89. The molecule has 0 bridgehead atoms. The molecule has 0 radical (unpaired) electrons. The molecule has 0 aliphatic carbocycles. The van der Waals surface area contributed by atoms with Crippen molar-refractivity contribution in [3.05, 3.63) is 88.4 Å². The average Bonchev–Trinajstić information content (AvgIpc) is 3.63. The summed E-state index contributed by atoms with van der Waals surface area (Å²) in [6.45, 7) is 7.63. The number of nitrogens with zero attached hydrogens (tertiary/aromatic N) is 3. The van der Waals surface area contributed by atoms with Crippen LogP contribution in [0.1, 0.15) is 49.1 Å². The van der Waals surface area contributed by atoms with E-state index < -0.39 is 12.1 Å². The number of hydrogen-bond donors (Lipinski definition) is 3. The molecule has 4 amide bonds. The van der Waals surface area contributed by atoms with E-state index in [4.69, 9.17) is 9.47 Å². The molecule has 0 spiro atoms. The van der Waals surface area contributed by atoms with Gasteiger partial charge in [0, 0.05) is 51.0 Å². The molecule has 260 valence electrons. The van der Waals surface area contributed by atoms with Gasteiger partial charge in [0.05, 0.1) is 23.6 Å². The van der Waals surface area contributed by atoms with Crippen molar-refractivity contribution in [1.82, 2.24) is 30.7 Å². The van der Waals surface area contributed by atoms with Gasteiger partial charge in [0.25, 0.3) is 0 Å². The molecule has 1 aromatic heterocycles. The van der Waals surface area contributed by atoms with Crippen LogP contribution < -0.4 is 16.0 Å². The molecule has 0 saturated carbocycles. The number of alkyl carbamates (subject to hydrolysis) is 1. The van der Waals surface area contributed by atoms with Gasteiger partial charge < -0.3 is 30.3 Å². The number of morpholine rings is 1. The molecule has 2 heterocycles. The predicted octanol–water partition coefficient (Wildman–Crippen LogP) is 4.63. The minimum absolute atomic E-state index is 0.0125. The van der Waals surface area contributed by atoms with E-state index in [0.717, 1.165) is 29.1 Å². The van der Waals surface area contributed by atoms with Crippen LogP contribution in [0.25, 0.3) is 0 Å². The van der Waals surface area contributed by atoms with Crippen molar-refractivity contribution >= 4 is 29.4 Å². The average molecular weight is 679 g/mol. The third kappa shape index (κ3) is 12.9. The van der Waals surface area contributed by atoms with Crippen molar-refractivity contribution in [3.8, 4) is 0 Å². The molecule has 11 nitrogen and oxygen atoms in total. The second kappa shape index (κ2) is 19.7. The Balaban J connectivity index is 1.46. The Morgan fingerprint density at radius 3 is 2.06 bits per heavy atom. The summed E-state index contributed by atoms with van der Waals surface area (Å²) in [7, 11) is 1.73. The van der Waals surface area contributed by atoms with Gasteiger partial charge in [-0.25, -0.2) is 9.59 Å². The summed E-state index contributed by atoms with van der Waals surface area (Å²) >= 11 is 1.43. The van der Waals surface area contributed by atoms with Crippen molar-refractivity contribution in [3.63, 3.8) is 0 Å². The van der Waals surface area contributed by atoms with Crippen molar-refractivity contribution < 1.29 is 23.9 Å². The fourth-order valence-electron chi connectivity index (χ4n) is 5.50. The number of carbonyl (C=O) groups is 3. The van der Waals surface area contributed by atoms with Crippen LogP contribution in [0, 0.1) is 0 Å². The lowest BCUT2D eigenvalue weighted by Gasteiger charge is -2.31. The number of carbonyl (C=O) groups excluding carboxylic acids is 3. The summed E-state index contributed by atoms with van der Waals surface area (Å²) in [6.07, 6.45) is 4.10. The first-order chi connectivity index (χ1) is 23.3. The number of amides is 4. The van der Waals surface area contributed by atoms with Gasteiger partial charge in [0.2, 0.25) is 5.91 Å². The lowest BCUT2D eigenvalue weighted by atomic mass is 9.95. The molecular weight excluding hydrogens is 629 g/mol. The lowest BCUT2D eigenvalue weighted by Crippen LogP contribution is -2.54. The maximum absolute atomic E-state index is 14.0. The second-order valence-electron chi connectivity index (χ2n) is 12.5. The minimum atomic E-state index is -0.709. The van der Waals surface area contributed by atoms with E-state index in [1.165, 1.54) is 11.3 Å². The van der Waals surface area contributed by atoms with E-state index in [1.807, 2.05) is 74.5 Å². The molecule has 1 aliphatic heterocycles. The first kappa shape index (κ1) is 36.8. The first-order valence-electron chi connectivity index (χ1n) is 16.8. The Labute approximate surface area is 288 Å². The van der Waals surface area contributed by atoms with Crippen LogP contribution in [-0.2, 0) is 33.7 Å². The maximum Gasteiger partial charge on any atom is 0.407 e. The van der Waals surface area contributed by atoms with Gasteiger partial charge in [-0.3, -0.25) is 14.7 Å². The minimum Gasteiger partial charge on any atom is -0.444 e. The van der Waals surface area contributed by atoms with Crippen LogP contribution in [0.4, 0.5) is 9.59 Å². The highest BCUT2D eigenvalue weighted by Crippen LogP contribution is 2.15. The standard InChI is InChI=1S/C36H50N6O5S/c1-27(2)41(3)35(44)40-33(16-17-42-18-20-46-21-19-42)34(43)38-30(22-28-10-6-4-7-11-28)14-15-31(23-29-12-8-5-9-13-29)39-36(45)47-25-32-24-37-26-48-32/h4-13,24,26-27,30-31,33H,14-23,25H2,1-3H3,(H,38,43)(H,39,45)(H,40,44)/t30-,31-,33+/m0/s1. The van der Waals surface area contributed by atoms with Crippen LogP contribution in [0.2, 0.25) is 0 Å². The molecule has 12 heteroatoms. The zero-order valence-corrected chi connectivity index (χ0v) is 29.1. The van der Waals surface area contributed by atoms with Crippen LogP contribution in [-0.4, -0.2) is 96.9 Å². The molecular formula is C36H50N6O5S. The van der Waals surface area contributed by atoms with Gasteiger partial charge in [-0.1, -0.05) is 60.7 Å². The number of rotatable bonds is 17. The number of nitrogens with one attached hydrogen (secondary N) is 3. The summed E-state index contributed by atoms with van der Waals surface area (Å²) in [5.74, 6) is -0.216. The number of hydrogen-bond acceptors (Lipinski definition) is 8. The quantitative estimate of drug-likeness (QED) is 0.190. The third-order valence-electron chi connectivity index (χ3n) is 8.56. The van der Waals surface area contributed by atoms with Gasteiger partial charge in [-0.05, 0) is 57.1 Å². The number of benzene rings is 2. The van der Waals surface area contributed by atoms with Crippen LogP contribution in [0.15, 0.2) is 72.4 Å². The van der Waals surface area contributed by atoms with Gasteiger partial charge in [-0.2, -0.15) is 0 Å². The second-order valence-corrected chi connectivity index (χ2v) is 13.5. The highest BCUT2D eigenvalue weighted by atomic mass is 32.1. The number of thiazole rings is 1. The molecule has 1 aliphatic rings. The fourth-order valence-corrected chi connectivity index (χ4v) is 6.01. The van der Waals surface area contributed by atoms with Crippen molar-refractivity contribution in [1.29, 1.82) is 0 Å². The van der Waals surface area contributed by atoms with E-state index in [-0.39, 0.29) is 36.7 Å². The molecule has 3 aromatic rings. The molecule has 3 N–H and O–H groups in total. The topological polar surface area (TPSA) is 125 Å². The Morgan fingerprint density at radius 2 is 1.50 bits per heavy atom. The Hall–Kier alpha value is -4.00. The zero-order chi connectivity index (χ0) is 34.1. The Kier molecular flexibility index (Phi) is 15.1. The lowest BCUT2D eigenvalue weighted by molar-refractivity contribution is -0.124. The number of ether oxygens (including phenoxy) is 2. The smallest absolute Gasteiger partial charge is 0.407 e. The van der Waals surface area contributed by atoms with Crippen LogP contribution in [0.5, 0.6) is 0 Å². The first-order valence-corrected chi connectivity index (χ1v) is 17.7. The van der Waals surface area contributed by atoms with Crippen LogP contribution in [0.3, 0.4) is 0 Å². The van der Waals surface area contributed by atoms with Crippen molar-refractivity contribution in [2.75, 3.05) is 39.9 Å². The summed E-state index contributed by atoms with van der Waals surface area (Å²) in [6, 6.07) is 18.6. The third-order valence-corrected chi connectivity index (χ3v) is 9.31. The summed E-state index contributed by atoms with van der Waals surface area (Å²) < 4.78 is 11.0. The Bertz CT molecular complexity index is 1370.